The van der Waals surface area contributed by atoms with Crippen LogP contribution in [-0.4, -0.2) is 48.3 Å². The van der Waals surface area contributed by atoms with Gasteiger partial charge in [0.1, 0.15) is 5.75 Å². The number of carbonyl (C=O) groups excluding carboxylic acids is 2. The molecule has 1 rings (SSSR count). The molecule has 0 saturated carbocycles. The Hall–Kier alpha value is -3.08. The zero-order valence-corrected chi connectivity index (χ0v) is 18.4. The lowest BCUT2D eigenvalue weighted by molar-refractivity contribution is -0.192. The molecule has 0 aromatic heterocycles. The number of hydrogen-bond acceptors (Lipinski definition) is 5. The van der Waals surface area contributed by atoms with E-state index in [2.05, 4.69) is 24.5 Å². The Morgan fingerprint density at radius 2 is 1.72 bits per heavy atom. The van der Waals surface area contributed by atoms with E-state index in [0.717, 1.165) is 12.2 Å². The SMILES string of the molecule is CC[C@H](N)C(=O)N[C@H](C=CC(=O)Nc1ccc(OC)cc1)CC(C)C.O=C(O)C(F)(F)F. The lowest BCUT2D eigenvalue weighted by atomic mass is 10.0. The van der Waals surface area contributed by atoms with Gasteiger partial charge >= 0.3 is 12.1 Å². The average Bonchev–Trinajstić information content (AvgIpc) is 2.71. The van der Waals surface area contributed by atoms with E-state index in [1.54, 1.807) is 37.5 Å². The maximum Gasteiger partial charge on any atom is 0.490 e. The van der Waals surface area contributed by atoms with Crippen LogP contribution in [0.2, 0.25) is 0 Å². The maximum atomic E-state index is 12.1. The Balaban J connectivity index is 0.00000118. The summed E-state index contributed by atoms with van der Waals surface area (Å²) in [5, 5.41) is 12.8. The number of benzene rings is 1. The average molecular weight is 461 g/mol. The van der Waals surface area contributed by atoms with Crippen molar-refractivity contribution >= 4 is 23.5 Å². The molecule has 0 aliphatic rings. The zero-order valence-electron chi connectivity index (χ0n) is 18.4. The van der Waals surface area contributed by atoms with E-state index in [1.165, 1.54) is 6.08 Å². The molecule has 0 fully saturated rings. The molecule has 0 aliphatic heterocycles. The first-order valence-corrected chi connectivity index (χ1v) is 9.79. The minimum absolute atomic E-state index is 0.201. The highest BCUT2D eigenvalue weighted by atomic mass is 19.4. The third kappa shape index (κ3) is 12.6. The number of nitrogens with two attached hydrogens (primary N) is 1. The Morgan fingerprint density at radius 1 is 1.19 bits per heavy atom. The van der Waals surface area contributed by atoms with Gasteiger partial charge in [0.2, 0.25) is 11.8 Å². The summed E-state index contributed by atoms with van der Waals surface area (Å²) in [4.78, 5) is 32.9. The van der Waals surface area contributed by atoms with Crippen molar-refractivity contribution in [1.29, 1.82) is 0 Å². The molecule has 5 N–H and O–H groups in total. The van der Waals surface area contributed by atoms with Crippen LogP contribution in [0.25, 0.3) is 0 Å². The molecule has 0 radical (unpaired) electrons. The highest BCUT2D eigenvalue weighted by Gasteiger charge is 2.38. The van der Waals surface area contributed by atoms with Crippen LogP contribution < -0.4 is 21.1 Å². The number of alkyl halides is 3. The maximum absolute atomic E-state index is 12.1. The Kier molecular flexibility index (Phi) is 12.7. The third-order valence-corrected chi connectivity index (χ3v) is 3.91. The van der Waals surface area contributed by atoms with Gasteiger partial charge in [-0.15, -0.1) is 0 Å². The standard InChI is InChI=1S/C19H29N3O3.C2HF3O2/c1-5-17(20)19(24)22-15(12-13(2)3)8-11-18(23)21-14-6-9-16(25-4)10-7-14;3-2(4,5)1(6)7/h6-11,13,15,17H,5,12,20H2,1-4H3,(H,21,23)(H,22,24);(H,6,7)/t15-,17+;/m1./s1. The van der Waals surface area contributed by atoms with Crippen molar-refractivity contribution in [1.82, 2.24) is 5.32 Å². The first-order valence-electron chi connectivity index (χ1n) is 9.79. The Bertz CT molecular complexity index is 765. The molecule has 1 aromatic rings. The smallest absolute Gasteiger partial charge is 0.490 e. The van der Waals surface area contributed by atoms with Gasteiger partial charge in [-0.25, -0.2) is 4.79 Å². The van der Waals surface area contributed by atoms with Crippen molar-refractivity contribution in [3.8, 4) is 5.75 Å². The highest BCUT2D eigenvalue weighted by molar-refractivity contribution is 5.99. The van der Waals surface area contributed by atoms with E-state index in [0.29, 0.717) is 18.0 Å². The van der Waals surface area contributed by atoms with Gasteiger partial charge in [-0.2, -0.15) is 13.2 Å². The summed E-state index contributed by atoms with van der Waals surface area (Å²) in [6.07, 6.45) is -0.634. The molecule has 32 heavy (non-hydrogen) atoms. The summed E-state index contributed by atoms with van der Waals surface area (Å²) in [5.74, 6) is -2.12. The van der Waals surface area contributed by atoms with E-state index >= 15 is 0 Å². The Labute approximate surface area is 185 Å². The first-order chi connectivity index (χ1) is 14.8. The second-order valence-corrected chi connectivity index (χ2v) is 7.14. The van der Waals surface area contributed by atoms with Gasteiger partial charge in [-0.1, -0.05) is 26.8 Å². The van der Waals surface area contributed by atoms with E-state index in [9.17, 15) is 22.8 Å². The van der Waals surface area contributed by atoms with Gasteiger partial charge in [0.05, 0.1) is 13.2 Å². The summed E-state index contributed by atoms with van der Waals surface area (Å²) < 4.78 is 36.8. The molecule has 0 unspecified atom stereocenters. The molecule has 11 heteroatoms. The lowest BCUT2D eigenvalue weighted by Crippen LogP contribution is -2.44. The molecule has 0 aliphatic carbocycles. The number of aliphatic carboxylic acids is 1. The molecule has 2 atom stereocenters. The normalized spacial score (nSPS) is 13.0. The van der Waals surface area contributed by atoms with Crippen molar-refractivity contribution in [3.63, 3.8) is 0 Å². The topological polar surface area (TPSA) is 131 Å². The largest absolute Gasteiger partial charge is 0.497 e. The first kappa shape index (κ1) is 28.9. The van der Waals surface area contributed by atoms with Crippen LogP contribution in [0.3, 0.4) is 0 Å². The predicted molar refractivity (Wildman–Crippen MR) is 114 cm³/mol. The number of carbonyl (C=O) groups is 3. The lowest BCUT2D eigenvalue weighted by Gasteiger charge is -2.19. The highest BCUT2D eigenvalue weighted by Crippen LogP contribution is 2.15. The number of carboxylic acid groups (broad SMARTS) is 1. The molecule has 180 valence electrons. The molecule has 1 aromatic carbocycles. The van der Waals surface area contributed by atoms with Crippen LogP contribution in [-0.2, 0) is 14.4 Å². The van der Waals surface area contributed by atoms with Crippen molar-refractivity contribution in [2.24, 2.45) is 11.7 Å². The quantitative estimate of drug-likeness (QED) is 0.418. The molecule has 0 saturated heterocycles. The summed E-state index contributed by atoms with van der Waals surface area (Å²) >= 11 is 0. The number of amides is 2. The molecule has 0 heterocycles. The molecular weight excluding hydrogens is 431 g/mol. The van der Waals surface area contributed by atoms with Crippen LogP contribution in [0.1, 0.15) is 33.6 Å². The third-order valence-electron chi connectivity index (χ3n) is 3.91. The van der Waals surface area contributed by atoms with Crippen LogP contribution in [0.5, 0.6) is 5.75 Å². The number of hydrogen-bond donors (Lipinski definition) is 4. The van der Waals surface area contributed by atoms with Crippen molar-refractivity contribution in [2.75, 3.05) is 12.4 Å². The van der Waals surface area contributed by atoms with Crippen LogP contribution >= 0.6 is 0 Å². The zero-order chi connectivity index (χ0) is 24.9. The van der Waals surface area contributed by atoms with E-state index in [4.69, 9.17) is 20.4 Å². The monoisotopic (exact) mass is 461 g/mol. The number of nitrogens with one attached hydrogen (secondary N) is 2. The van der Waals surface area contributed by atoms with Crippen molar-refractivity contribution < 1.29 is 37.4 Å². The van der Waals surface area contributed by atoms with Crippen molar-refractivity contribution in [2.45, 2.75) is 51.9 Å². The van der Waals surface area contributed by atoms with Gasteiger partial charge in [-0.05, 0) is 43.0 Å². The fourth-order valence-corrected chi connectivity index (χ4v) is 2.23. The molecule has 8 nitrogen and oxygen atoms in total. The molecule has 0 spiro atoms. The summed E-state index contributed by atoms with van der Waals surface area (Å²) in [6.45, 7) is 5.98. The molecular formula is C21H30F3N3O5. The van der Waals surface area contributed by atoms with Crippen LogP contribution in [0.4, 0.5) is 18.9 Å². The van der Waals surface area contributed by atoms with Gasteiger partial charge in [0.15, 0.2) is 0 Å². The van der Waals surface area contributed by atoms with E-state index < -0.39 is 18.2 Å². The van der Waals surface area contributed by atoms with Gasteiger partial charge in [0.25, 0.3) is 0 Å². The van der Waals surface area contributed by atoms with E-state index in [1.807, 2.05) is 6.92 Å². The summed E-state index contributed by atoms with van der Waals surface area (Å²) in [7, 11) is 1.59. The molecule has 0 bridgehead atoms. The predicted octanol–water partition coefficient (Wildman–Crippen LogP) is 3.09. The minimum Gasteiger partial charge on any atom is -0.497 e. The fourth-order valence-electron chi connectivity index (χ4n) is 2.23. The van der Waals surface area contributed by atoms with Crippen LogP contribution in [0, 0.1) is 5.92 Å². The number of ether oxygens (including phenoxy) is 1. The van der Waals surface area contributed by atoms with Gasteiger partial charge in [0, 0.05) is 17.8 Å². The number of carboxylic acids is 1. The number of halogens is 3. The minimum atomic E-state index is -5.08. The number of rotatable bonds is 9. The van der Waals surface area contributed by atoms with Crippen LogP contribution in [0.15, 0.2) is 36.4 Å². The van der Waals surface area contributed by atoms with Gasteiger partial charge < -0.3 is 26.2 Å². The number of anilines is 1. The van der Waals surface area contributed by atoms with Gasteiger partial charge in [-0.3, -0.25) is 9.59 Å². The summed E-state index contributed by atoms with van der Waals surface area (Å²) in [5.41, 5.74) is 6.43. The Morgan fingerprint density at radius 3 is 2.12 bits per heavy atom. The summed E-state index contributed by atoms with van der Waals surface area (Å²) in [6, 6.07) is 6.31. The second kappa shape index (κ2) is 14.1. The van der Waals surface area contributed by atoms with E-state index in [-0.39, 0.29) is 17.9 Å². The fraction of sp³-hybridized carbons (Fsp3) is 0.476. The van der Waals surface area contributed by atoms with Crippen molar-refractivity contribution in [3.05, 3.63) is 36.4 Å². The molecule has 2 amide bonds. The number of methoxy groups -OCH3 is 1. The second-order valence-electron chi connectivity index (χ2n) is 7.14.